The maximum atomic E-state index is 11.6. The molecule has 0 N–H and O–H groups in total. The topological polar surface area (TPSA) is 26.3 Å². The molecule has 20 heavy (non-hydrogen) atoms. The SMILES string of the molecule is CCOC(=O)CC=[P+](c1ccccc1)c1ccccc1. The number of rotatable bonds is 5. The minimum atomic E-state index is -0.620. The highest BCUT2D eigenvalue weighted by atomic mass is 31.1. The maximum absolute atomic E-state index is 11.6. The van der Waals surface area contributed by atoms with Crippen molar-refractivity contribution in [2.75, 3.05) is 6.61 Å². The summed E-state index contributed by atoms with van der Waals surface area (Å²) < 4.78 is 5.00. The summed E-state index contributed by atoms with van der Waals surface area (Å²) >= 11 is 0. The maximum Gasteiger partial charge on any atom is 0.313 e. The monoisotopic (exact) mass is 285 g/mol. The first-order valence-electron chi connectivity index (χ1n) is 6.69. The molecule has 0 heterocycles. The summed E-state index contributed by atoms with van der Waals surface area (Å²) in [7, 11) is -0.620. The minimum Gasteiger partial charge on any atom is -0.466 e. The standard InChI is InChI=1S/C17H18O2P/c1-2-19-17(18)13-14-20(15-9-5-3-6-10-15)16-11-7-4-8-12-16/h3-12,14H,2,13H2,1H3/q+1. The van der Waals surface area contributed by atoms with Crippen molar-refractivity contribution in [1.82, 2.24) is 0 Å². The number of carbonyl (C=O) groups excluding carboxylic acids is 1. The molecule has 2 nitrogen and oxygen atoms in total. The second-order valence-corrected chi connectivity index (χ2v) is 6.37. The molecule has 0 bridgehead atoms. The van der Waals surface area contributed by atoms with Gasteiger partial charge in [0.25, 0.3) is 0 Å². The summed E-state index contributed by atoms with van der Waals surface area (Å²) in [6.45, 7) is 2.26. The number of carbonyl (C=O) groups is 1. The van der Waals surface area contributed by atoms with Gasteiger partial charge in [0.15, 0.2) is 18.2 Å². The van der Waals surface area contributed by atoms with Crippen LogP contribution in [0.5, 0.6) is 0 Å². The lowest BCUT2D eigenvalue weighted by molar-refractivity contribution is -0.141. The van der Waals surface area contributed by atoms with Gasteiger partial charge in [-0.2, -0.15) is 0 Å². The molecule has 2 aromatic carbocycles. The van der Waals surface area contributed by atoms with E-state index < -0.39 is 7.55 Å². The van der Waals surface area contributed by atoms with E-state index in [1.54, 1.807) is 0 Å². The van der Waals surface area contributed by atoms with E-state index in [4.69, 9.17) is 4.74 Å². The molecule has 0 fully saturated rings. The van der Waals surface area contributed by atoms with E-state index in [2.05, 4.69) is 30.1 Å². The Morgan fingerprint density at radius 3 is 1.95 bits per heavy atom. The van der Waals surface area contributed by atoms with Crippen molar-refractivity contribution in [3.05, 3.63) is 60.7 Å². The Bertz CT molecular complexity index is 535. The van der Waals surface area contributed by atoms with Gasteiger partial charge in [-0.1, -0.05) is 36.4 Å². The van der Waals surface area contributed by atoms with Crippen LogP contribution in [-0.2, 0) is 9.53 Å². The van der Waals surface area contributed by atoms with Gasteiger partial charge >= 0.3 is 5.97 Å². The highest BCUT2D eigenvalue weighted by Gasteiger charge is 2.18. The molecule has 0 saturated heterocycles. The van der Waals surface area contributed by atoms with Crippen LogP contribution in [0.3, 0.4) is 0 Å². The number of hydrogen-bond acceptors (Lipinski definition) is 2. The molecule has 2 aromatic rings. The van der Waals surface area contributed by atoms with Crippen LogP contribution in [0, 0.1) is 0 Å². The zero-order valence-corrected chi connectivity index (χ0v) is 12.4. The lowest BCUT2D eigenvalue weighted by atomic mass is 10.4. The summed E-state index contributed by atoms with van der Waals surface area (Å²) in [5.74, 6) is 1.92. The molecule has 0 atom stereocenters. The van der Waals surface area contributed by atoms with Crippen molar-refractivity contribution in [3.63, 3.8) is 0 Å². The van der Waals surface area contributed by atoms with Crippen LogP contribution in [-0.4, -0.2) is 18.4 Å². The van der Waals surface area contributed by atoms with E-state index >= 15 is 0 Å². The van der Waals surface area contributed by atoms with E-state index in [0.29, 0.717) is 13.0 Å². The van der Waals surface area contributed by atoms with Crippen LogP contribution in [0.4, 0.5) is 0 Å². The summed E-state index contributed by atoms with van der Waals surface area (Å²) in [5.41, 5.74) is 0. The van der Waals surface area contributed by atoms with Gasteiger partial charge in [-0.3, -0.25) is 4.79 Å². The quantitative estimate of drug-likeness (QED) is 0.624. The van der Waals surface area contributed by atoms with Crippen LogP contribution < -0.4 is 10.6 Å². The van der Waals surface area contributed by atoms with Crippen molar-refractivity contribution in [2.24, 2.45) is 0 Å². The fourth-order valence-corrected chi connectivity index (χ4v) is 3.96. The highest BCUT2D eigenvalue weighted by Crippen LogP contribution is 2.21. The molecule has 0 aliphatic rings. The lowest BCUT2D eigenvalue weighted by Gasteiger charge is -1.98. The Morgan fingerprint density at radius 1 is 1.00 bits per heavy atom. The first kappa shape index (κ1) is 14.5. The Kier molecular flexibility index (Phi) is 5.52. The van der Waals surface area contributed by atoms with Gasteiger partial charge in [0.2, 0.25) is 0 Å². The number of benzene rings is 2. The third-order valence-electron chi connectivity index (χ3n) is 2.81. The molecule has 0 spiro atoms. The van der Waals surface area contributed by atoms with Gasteiger partial charge in [0.1, 0.15) is 12.2 Å². The molecule has 0 unspecified atom stereocenters. The predicted molar refractivity (Wildman–Crippen MR) is 86.4 cm³/mol. The molecule has 0 aliphatic heterocycles. The lowest BCUT2D eigenvalue weighted by Crippen LogP contribution is -2.10. The van der Waals surface area contributed by atoms with Crippen molar-refractivity contribution in [1.29, 1.82) is 0 Å². The molecule has 0 saturated carbocycles. The smallest absolute Gasteiger partial charge is 0.313 e. The molecular weight excluding hydrogens is 267 g/mol. The average molecular weight is 285 g/mol. The van der Waals surface area contributed by atoms with E-state index in [1.807, 2.05) is 43.3 Å². The van der Waals surface area contributed by atoms with Gasteiger partial charge in [0.05, 0.1) is 6.61 Å². The Balaban J connectivity index is 2.30. The van der Waals surface area contributed by atoms with Crippen molar-refractivity contribution in [3.8, 4) is 0 Å². The largest absolute Gasteiger partial charge is 0.466 e. The molecular formula is C17H18O2P+. The average Bonchev–Trinajstić information content (AvgIpc) is 2.50. The van der Waals surface area contributed by atoms with Gasteiger partial charge in [-0.15, -0.1) is 0 Å². The summed E-state index contributed by atoms with van der Waals surface area (Å²) in [6.07, 6.45) is 0.351. The van der Waals surface area contributed by atoms with Crippen LogP contribution in [0.1, 0.15) is 13.3 Å². The summed E-state index contributed by atoms with van der Waals surface area (Å²) in [5, 5.41) is 2.50. The third kappa shape index (κ3) is 4.04. The van der Waals surface area contributed by atoms with Crippen LogP contribution >= 0.6 is 7.55 Å². The molecule has 102 valence electrons. The summed E-state index contributed by atoms with van der Waals surface area (Å²) in [6, 6.07) is 20.6. The molecule has 3 heteroatoms. The number of esters is 1. The molecule has 2 rings (SSSR count). The van der Waals surface area contributed by atoms with E-state index in [-0.39, 0.29) is 5.97 Å². The highest BCUT2D eigenvalue weighted by molar-refractivity contribution is 7.72. The van der Waals surface area contributed by atoms with Crippen LogP contribution in [0.15, 0.2) is 60.7 Å². The normalized spacial score (nSPS) is 9.85. The molecule has 0 radical (unpaired) electrons. The van der Waals surface area contributed by atoms with E-state index in [9.17, 15) is 4.79 Å². The number of ether oxygens (including phenoxy) is 1. The predicted octanol–water partition coefficient (Wildman–Crippen LogP) is 2.87. The van der Waals surface area contributed by atoms with Crippen LogP contribution in [0.25, 0.3) is 0 Å². The zero-order valence-electron chi connectivity index (χ0n) is 11.5. The van der Waals surface area contributed by atoms with Gasteiger partial charge in [0, 0.05) is 0 Å². The second-order valence-electron chi connectivity index (χ2n) is 4.23. The minimum absolute atomic E-state index is 0.160. The first-order valence-corrected chi connectivity index (χ1v) is 8.10. The Hall–Kier alpha value is -1.92. The van der Waals surface area contributed by atoms with E-state index in [0.717, 1.165) is 0 Å². The Labute approximate surface area is 120 Å². The fourth-order valence-electron chi connectivity index (χ4n) is 1.92. The third-order valence-corrected chi connectivity index (χ3v) is 5.07. The van der Waals surface area contributed by atoms with Crippen molar-refractivity contribution in [2.45, 2.75) is 13.3 Å². The number of hydrogen-bond donors (Lipinski definition) is 0. The van der Waals surface area contributed by atoms with Gasteiger partial charge in [-0.25, -0.2) is 0 Å². The van der Waals surface area contributed by atoms with Crippen LogP contribution in [0.2, 0.25) is 0 Å². The molecule has 0 amide bonds. The molecule has 0 aliphatic carbocycles. The van der Waals surface area contributed by atoms with Crippen molar-refractivity contribution < 1.29 is 9.53 Å². The fraction of sp³-hybridized carbons (Fsp3) is 0.176. The van der Waals surface area contributed by atoms with Crippen molar-refractivity contribution >= 4 is 29.9 Å². The second kappa shape index (κ2) is 7.62. The molecule has 0 aromatic heterocycles. The zero-order chi connectivity index (χ0) is 14.2. The van der Waals surface area contributed by atoms with Gasteiger partial charge < -0.3 is 4.74 Å². The summed E-state index contributed by atoms with van der Waals surface area (Å²) in [4.78, 5) is 11.6. The van der Waals surface area contributed by atoms with E-state index in [1.165, 1.54) is 10.6 Å². The Morgan fingerprint density at radius 2 is 1.50 bits per heavy atom. The first-order chi connectivity index (χ1) is 9.81. The van der Waals surface area contributed by atoms with Gasteiger partial charge in [-0.05, 0) is 31.2 Å².